The molecule has 3 aromatic rings. The van der Waals surface area contributed by atoms with Gasteiger partial charge in [0.15, 0.2) is 11.3 Å². The van der Waals surface area contributed by atoms with Gasteiger partial charge < -0.3 is 14.6 Å². The van der Waals surface area contributed by atoms with Crippen LogP contribution in [0.25, 0.3) is 11.0 Å². The summed E-state index contributed by atoms with van der Waals surface area (Å²) < 4.78 is 7.46. The van der Waals surface area contributed by atoms with Crippen molar-refractivity contribution >= 4 is 22.8 Å². The van der Waals surface area contributed by atoms with Crippen LogP contribution < -0.4 is 5.32 Å². The van der Waals surface area contributed by atoms with E-state index in [2.05, 4.69) is 36.2 Å². The highest BCUT2D eigenvalue weighted by atomic mass is 16.3. The number of carbonyl (C=O) groups is 2. The molecule has 5 rings (SSSR count). The molecule has 8 nitrogen and oxygen atoms in total. The standard InChI is InChI=1S/C25H31N5O3/c1-16-13-28-30(24(2,3)4)21(16)23(32)29-9-6-25(7-10-29)12-18(25)14-27-22(31)19-11-17-5-8-26-15-20(17)33-19/h5,8,11,13,15,18H,6-7,9-10,12,14H2,1-4H3,(H,27,31). The number of hydrogen-bond donors (Lipinski definition) is 1. The number of nitrogens with zero attached hydrogens (tertiary/aromatic N) is 4. The van der Waals surface area contributed by atoms with Gasteiger partial charge in [-0.25, -0.2) is 0 Å². The monoisotopic (exact) mass is 449 g/mol. The predicted octanol–water partition coefficient (Wildman–Crippen LogP) is 3.76. The van der Waals surface area contributed by atoms with Gasteiger partial charge in [0.05, 0.1) is 17.9 Å². The first kappa shape index (κ1) is 21.7. The number of pyridine rings is 1. The molecule has 4 heterocycles. The number of nitrogens with one attached hydrogen (secondary N) is 1. The topological polar surface area (TPSA) is 93.3 Å². The second-order valence-corrected chi connectivity index (χ2v) is 10.5. The maximum absolute atomic E-state index is 13.3. The van der Waals surface area contributed by atoms with Crippen LogP contribution in [0.1, 0.15) is 66.6 Å². The largest absolute Gasteiger partial charge is 0.449 e. The van der Waals surface area contributed by atoms with E-state index in [1.54, 1.807) is 24.7 Å². The number of furan rings is 1. The fourth-order valence-electron chi connectivity index (χ4n) is 5.14. The fraction of sp³-hybridized carbons (Fsp3) is 0.520. The van der Waals surface area contributed by atoms with Crippen molar-refractivity contribution in [3.63, 3.8) is 0 Å². The number of rotatable bonds is 4. The molecule has 0 bridgehead atoms. The molecule has 1 unspecified atom stereocenters. The number of carbonyl (C=O) groups excluding carboxylic acids is 2. The van der Waals surface area contributed by atoms with Gasteiger partial charge in [-0.3, -0.25) is 19.3 Å². The van der Waals surface area contributed by atoms with Gasteiger partial charge in [0, 0.05) is 36.8 Å². The molecule has 2 fully saturated rings. The Morgan fingerprint density at radius 1 is 1.24 bits per heavy atom. The van der Waals surface area contributed by atoms with E-state index in [1.807, 2.05) is 22.6 Å². The maximum Gasteiger partial charge on any atom is 0.287 e. The average Bonchev–Trinajstić information content (AvgIpc) is 3.12. The van der Waals surface area contributed by atoms with Crippen molar-refractivity contribution in [3.8, 4) is 0 Å². The molecule has 1 N–H and O–H groups in total. The van der Waals surface area contributed by atoms with E-state index < -0.39 is 0 Å². The van der Waals surface area contributed by atoms with Crippen molar-refractivity contribution in [2.45, 2.75) is 52.5 Å². The summed E-state index contributed by atoms with van der Waals surface area (Å²) in [5.41, 5.74) is 2.22. The number of likely N-dealkylation sites (tertiary alicyclic amines) is 1. The molecule has 1 saturated heterocycles. The SMILES string of the molecule is Cc1cnn(C(C)(C)C)c1C(=O)N1CCC2(CC1)CC2CNC(=O)c1cc2ccncc2o1. The van der Waals surface area contributed by atoms with Crippen LogP contribution in [0.4, 0.5) is 0 Å². The van der Waals surface area contributed by atoms with Crippen molar-refractivity contribution in [1.82, 2.24) is 25.0 Å². The lowest BCUT2D eigenvalue weighted by atomic mass is 9.90. The number of aryl methyl sites for hydroxylation is 1. The first-order valence-electron chi connectivity index (χ1n) is 11.6. The Morgan fingerprint density at radius 2 is 2.00 bits per heavy atom. The summed E-state index contributed by atoms with van der Waals surface area (Å²) in [7, 11) is 0. The zero-order valence-electron chi connectivity index (χ0n) is 19.7. The van der Waals surface area contributed by atoms with Gasteiger partial charge in [-0.2, -0.15) is 5.10 Å². The van der Waals surface area contributed by atoms with Gasteiger partial charge >= 0.3 is 0 Å². The van der Waals surface area contributed by atoms with E-state index in [9.17, 15) is 9.59 Å². The van der Waals surface area contributed by atoms with Crippen LogP contribution >= 0.6 is 0 Å². The van der Waals surface area contributed by atoms with Crippen molar-refractivity contribution < 1.29 is 14.0 Å². The van der Waals surface area contributed by atoms with Crippen LogP contribution in [-0.2, 0) is 5.54 Å². The van der Waals surface area contributed by atoms with E-state index in [0.717, 1.165) is 43.3 Å². The van der Waals surface area contributed by atoms with E-state index in [-0.39, 0.29) is 22.8 Å². The van der Waals surface area contributed by atoms with Crippen LogP contribution in [-0.4, -0.2) is 51.1 Å². The minimum Gasteiger partial charge on any atom is -0.449 e. The molecule has 1 saturated carbocycles. The summed E-state index contributed by atoms with van der Waals surface area (Å²) in [6.07, 6.45) is 8.12. The lowest BCUT2D eigenvalue weighted by molar-refractivity contribution is 0.0647. The van der Waals surface area contributed by atoms with E-state index in [1.165, 1.54) is 0 Å². The van der Waals surface area contributed by atoms with E-state index >= 15 is 0 Å². The van der Waals surface area contributed by atoms with Crippen LogP contribution in [0.3, 0.4) is 0 Å². The maximum atomic E-state index is 13.3. The molecule has 1 atom stereocenters. The second-order valence-electron chi connectivity index (χ2n) is 10.5. The highest BCUT2D eigenvalue weighted by molar-refractivity contribution is 5.96. The number of hydrogen-bond acceptors (Lipinski definition) is 5. The normalized spacial score (nSPS) is 19.8. The molecular weight excluding hydrogens is 418 g/mol. The summed E-state index contributed by atoms with van der Waals surface area (Å²) in [6, 6.07) is 3.58. The summed E-state index contributed by atoms with van der Waals surface area (Å²) >= 11 is 0. The van der Waals surface area contributed by atoms with Gasteiger partial charge in [-0.05, 0) is 70.4 Å². The summed E-state index contributed by atoms with van der Waals surface area (Å²) in [5, 5.41) is 8.36. The minimum atomic E-state index is -0.244. The van der Waals surface area contributed by atoms with E-state index in [0.29, 0.717) is 29.5 Å². The Hall–Kier alpha value is -3.16. The minimum absolute atomic E-state index is 0.0691. The lowest BCUT2D eigenvalue weighted by Gasteiger charge is -2.34. The third-order valence-electron chi connectivity index (χ3n) is 7.25. The fourth-order valence-corrected chi connectivity index (χ4v) is 5.14. The molecule has 3 aromatic heterocycles. The molecule has 0 radical (unpaired) electrons. The highest BCUT2D eigenvalue weighted by Gasteiger charge is 2.55. The van der Waals surface area contributed by atoms with Crippen molar-refractivity contribution in [2.75, 3.05) is 19.6 Å². The molecule has 174 valence electrons. The van der Waals surface area contributed by atoms with Gasteiger partial charge in [0.2, 0.25) is 0 Å². The zero-order chi connectivity index (χ0) is 23.4. The van der Waals surface area contributed by atoms with Crippen molar-refractivity contribution in [2.24, 2.45) is 11.3 Å². The van der Waals surface area contributed by atoms with Crippen molar-refractivity contribution in [1.29, 1.82) is 0 Å². The number of amides is 2. The molecule has 2 aliphatic rings. The number of piperidine rings is 1. The van der Waals surface area contributed by atoms with Crippen LogP contribution in [0.2, 0.25) is 0 Å². The number of aromatic nitrogens is 3. The zero-order valence-corrected chi connectivity index (χ0v) is 19.7. The first-order chi connectivity index (χ1) is 15.7. The van der Waals surface area contributed by atoms with Gasteiger partial charge in [0.25, 0.3) is 11.8 Å². The first-order valence-corrected chi connectivity index (χ1v) is 11.6. The highest BCUT2D eigenvalue weighted by Crippen LogP contribution is 2.59. The van der Waals surface area contributed by atoms with Gasteiger partial charge in [-0.15, -0.1) is 0 Å². The van der Waals surface area contributed by atoms with Crippen molar-refractivity contribution in [3.05, 3.63) is 47.7 Å². The van der Waals surface area contributed by atoms with Crippen LogP contribution in [0, 0.1) is 18.3 Å². The van der Waals surface area contributed by atoms with E-state index in [4.69, 9.17) is 4.42 Å². The molecule has 1 aliphatic carbocycles. The average molecular weight is 450 g/mol. The van der Waals surface area contributed by atoms with Crippen LogP contribution in [0.5, 0.6) is 0 Å². The quantitative estimate of drug-likeness (QED) is 0.655. The molecule has 33 heavy (non-hydrogen) atoms. The smallest absolute Gasteiger partial charge is 0.287 e. The predicted molar refractivity (Wildman–Crippen MR) is 124 cm³/mol. The molecule has 1 aliphatic heterocycles. The Bertz CT molecular complexity index is 1180. The second kappa shape index (κ2) is 7.71. The Kier molecular flexibility index (Phi) is 5.06. The molecule has 2 amide bonds. The number of fused-ring (bicyclic) bond motifs is 1. The van der Waals surface area contributed by atoms with Gasteiger partial charge in [-0.1, -0.05) is 0 Å². The Labute approximate surface area is 193 Å². The lowest BCUT2D eigenvalue weighted by Crippen LogP contribution is -2.42. The molecule has 0 aromatic carbocycles. The third-order valence-corrected chi connectivity index (χ3v) is 7.25. The summed E-state index contributed by atoms with van der Waals surface area (Å²) in [6.45, 7) is 10.3. The Balaban J connectivity index is 1.16. The van der Waals surface area contributed by atoms with Crippen LogP contribution in [0.15, 0.2) is 35.1 Å². The molecular formula is C25H31N5O3. The third kappa shape index (κ3) is 3.92. The van der Waals surface area contributed by atoms with Gasteiger partial charge in [0.1, 0.15) is 5.69 Å². The molecule has 1 spiro atoms. The Morgan fingerprint density at radius 3 is 2.70 bits per heavy atom. The molecule has 8 heteroatoms. The summed E-state index contributed by atoms with van der Waals surface area (Å²) in [4.78, 5) is 31.8. The summed E-state index contributed by atoms with van der Waals surface area (Å²) in [5.74, 6) is 0.650.